The van der Waals surface area contributed by atoms with Crippen molar-refractivity contribution in [2.75, 3.05) is 0 Å². The Kier molecular flexibility index (Phi) is 6.58. The van der Waals surface area contributed by atoms with E-state index in [1.165, 1.54) is 5.56 Å². The molecule has 0 bridgehead atoms. The monoisotopic (exact) mass is 362 g/mol. The lowest BCUT2D eigenvalue weighted by Gasteiger charge is -2.16. The molecule has 0 spiro atoms. The van der Waals surface area contributed by atoms with Gasteiger partial charge in [-0.2, -0.15) is 0 Å². The number of nitrogens with one attached hydrogen (secondary N) is 1. The van der Waals surface area contributed by atoms with Gasteiger partial charge in [-0.1, -0.05) is 62.9 Å². The van der Waals surface area contributed by atoms with Crippen molar-refractivity contribution >= 4 is 23.7 Å². The third-order valence-electron chi connectivity index (χ3n) is 3.64. The van der Waals surface area contributed by atoms with Gasteiger partial charge >= 0.3 is 6.03 Å². The van der Waals surface area contributed by atoms with E-state index in [0.29, 0.717) is 17.5 Å². The van der Waals surface area contributed by atoms with Crippen LogP contribution in [0.1, 0.15) is 38.1 Å². The zero-order valence-corrected chi connectivity index (χ0v) is 15.2. The van der Waals surface area contributed by atoms with Crippen LogP contribution in [-0.4, -0.2) is 27.4 Å². The largest absolute Gasteiger partial charge is 0.416 e. The summed E-state index contributed by atoms with van der Waals surface area (Å²) in [4.78, 5) is 22.9. The molecule has 1 aromatic carbocycles. The first kappa shape index (κ1) is 19.0. The molecular weight excluding hydrogens is 340 g/mol. The summed E-state index contributed by atoms with van der Waals surface area (Å²) in [6.07, 6.45) is 0.609. The van der Waals surface area contributed by atoms with Crippen LogP contribution < -0.4 is 11.1 Å². The number of amides is 3. The van der Waals surface area contributed by atoms with E-state index < -0.39 is 17.2 Å². The minimum absolute atomic E-state index is 0.0389. The average molecular weight is 362 g/mol. The minimum Gasteiger partial charge on any atom is -0.416 e. The second-order valence-electron chi connectivity index (χ2n) is 6.11. The first-order valence-corrected chi connectivity index (χ1v) is 8.89. The smallest absolute Gasteiger partial charge is 0.318 e. The molecule has 134 valence electrons. The zero-order valence-electron chi connectivity index (χ0n) is 14.4. The molecule has 3 N–H and O–H groups in total. The van der Waals surface area contributed by atoms with Gasteiger partial charge in [-0.3, -0.25) is 10.1 Å². The number of primary amides is 1. The third kappa shape index (κ3) is 5.60. The van der Waals surface area contributed by atoms with E-state index in [1.54, 1.807) is 0 Å². The maximum atomic E-state index is 12.0. The quantitative estimate of drug-likeness (QED) is 0.733. The SMILES string of the molecule is CC(Cc1nnc(SC(C(=O)NC(N)=O)C(C)C)o1)c1ccccc1. The maximum absolute atomic E-state index is 12.0. The number of rotatable bonds is 7. The van der Waals surface area contributed by atoms with Crippen molar-refractivity contribution < 1.29 is 14.0 Å². The van der Waals surface area contributed by atoms with Crippen molar-refractivity contribution in [2.24, 2.45) is 11.7 Å². The molecule has 25 heavy (non-hydrogen) atoms. The van der Waals surface area contributed by atoms with Gasteiger partial charge in [0.05, 0.1) is 5.25 Å². The number of hydrogen-bond acceptors (Lipinski definition) is 6. The van der Waals surface area contributed by atoms with Gasteiger partial charge in [-0.15, -0.1) is 10.2 Å². The Morgan fingerprint density at radius 1 is 1.20 bits per heavy atom. The van der Waals surface area contributed by atoms with Gasteiger partial charge in [0.1, 0.15) is 0 Å². The van der Waals surface area contributed by atoms with Crippen molar-refractivity contribution in [3.05, 3.63) is 41.8 Å². The minimum atomic E-state index is -0.876. The summed E-state index contributed by atoms with van der Waals surface area (Å²) < 4.78 is 5.66. The second kappa shape index (κ2) is 8.66. The zero-order chi connectivity index (χ0) is 18.4. The average Bonchev–Trinajstić information content (AvgIpc) is 2.99. The Morgan fingerprint density at radius 2 is 1.88 bits per heavy atom. The van der Waals surface area contributed by atoms with E-state index in [9.17, 15) is 9.59 Å². The highest BCUT2D eigenvalue weighted by atomic mass is 32.2. The highest BCUT2D eigenvalue weighted by molar-refractivity contribution is 8.00. The van der Waals surface area contributed by atoms with E-state index >= 15 is 0 Å². The molecule has 0 saturated carbocycles. The standard InChI is InChI=1S/C17H22N4O3S/c1-10(2)14(15(22)19-16(18)23)25-17-21-20-13(24-17)9-11(3)12-7-5-4-6-8-12/h4-8,10-11,14H,9H2,1-3H3,(H3,18,19,22,23). The predicted octanol–water partition coefficient (Wildman–Crippen LogP) is 2.73. The number of carbonyl (C=O) groups is 2. The lowest BCUT2D eigenvalue weighted by atomic mass is 9.98. The first-order chi connectivity index (χ1) is 11.9. The van der Waals surface area contributed by atoms with Crippen LogP contribution in [0, 0.1) is 5.92 Å². The van der Waals surface area contributed by atoms with E-state index in [-0.39, 0.29) is 11.8 Å². The number of carbonyl (C=O) groups excluding carboxylic acids is 2. The van der Waals surface area contributed by atoms with Gasteiger partial charge in [0.2, 0.25) is 11.8 Å². The van der Waals surface area contributed by atoms with Crippen LogP contribution in [-0.2, 0) is 11.2 Å². The van der Waals surface area contributed by atoms with Crippen molar-refractivity contribution in [1.82, 2.24) is 15.5 Å². The number of hydrogen-bond donors (Lipinski definition) is 2. The third-order valence-corrected chi connectivity index (χ3v) is 5.01. The number of nitrogens with two attached hydrogens (primary N) is 1. The van der Waals surface area contributed by atoms with Crippen LogP contribution >= 0.6 is 11.8 Å². The molecule has 0 radical (unpaired) electrons. The molecule has 0 aliphatic rings. The molecule has 2 aromatic rings. The van der Waals surface area contributed by atoms with E-state index in [2.05, 4.69) is 34.6 Å². The Labute approximate surface area is 150 Å². The van der Waals surface area contributed by atoms with Crippen LogP contribution in [0.3, 0.4) is 0 Å². The lowest BCUT2D eigenvalue weighted by molar-refractivity contribution is -0.120. The molecule has 8 heteroatoms. The van der Waals surface area contributed by atoms with Crippen molar-refractivity contribution in [3.63, 3.8) is 0 Å². The normalized spacial score (nSPS) is 13.4. The summed E-state index contributed by atoms with van der Waals surface area (Å²) in [5.41, 5.74) is 6.20. The summed E-state index contributed by atoms with van der Waals surface area (Å²) >= 11 is 1.13. The molecule has 2 rings (SSSR count). The molecule has 2 unspecified atom stereocenters. The van der Waals surface area contributed by atoms with Crippen LogP contribution in [0.5, 0.6) is 0 Å². The fraction of sp³-hybridized carbons (Fsp3) is 0.412. The van der Waals surface area contributed by atoms with Crippen LogP contribution in [0.4, 0.5) is 4.79 Å². The fourth-order valence-electron chi connectivity index (χ4n) is 2.32. The van der Waals surface area contributed by atoms with Crippen molar-refractivity contribution in [1.29, 1.82) is 0 Å². The molecule has 0 aliphatic carbocycles. The first-order valence-electron chi connectivity index (χ1n) is 8.01. The molecule has 7 nitrogen and oxygen atoms in total. The highest BCUT2D eigenvalue weighted by Crippen LogP contribution is 2.28. The number of nitrogens with zero attached hydrogens (tertiary/aromatic N) is 2. The number of imide groups is 1. The van der Waals surface area contributed by atoms with E-state index in [4.69, 9.17) is 10.2 Å². The predicted molar refractivity (Wildman–Crippen MR) is 95.1 cm³/mol. The number of urea groups is 1. The summed E-state index contributed by atoms with van der Waals surface area (Å²) in [6.45, 7) is 5.82. The summed E-state index contributed by atoms with van der Waals surface area (Å²) in [5.74, 6) is 0.239. The summed E-state index contributed by atoms with van der Waals surface area (Å²) in [7, 11) is 0. The van der Waals surface area contributed by atoms with Crippen molar-refractivity contribution in [3.8, 4) is 0 Å². The molecule has 0 aliphatic heterocycles. The highest BCUT2D eigenvalue weighted by Gasteiger charge is 2.27. The summed E-state index contributed by atoms with van der Waals surface area (Å²) in [6, 6.07) is 9.19. The Bertz CT molecular complexity index is 718. The van der Waals surface area contributed by atoms with Gasteiger partial charge in [0.25, 0.3) is 5.22 Å². The topological polar surface area (TPSA) is 111 Å². The number of benzene rings is 1. The van der Waals surface area contributed by atoms with Gasteiger partial charge < -0.3 is 10.2 Å². The Hall–Kier alpha value is -2.35. The van der Waals surface area contributed by atoms with Gasteiger partial charge in [0.15, 0.2) is 0 Å². The molecular formula is C17H22N4O3S. The Morgan fingerprint density at radius 3 is 2.48 bits per heavy atom. The molecule has 2 atom stereocenters. The molecule has 0 saturated heterocycles. The molecule has 0 fully saturated rings. The van der Waals surface area contributed by atoms with Crippen molar-refractivity contribution in [2.45, 2.75) is 43.6 Å². The fourth-order valence-corrected chi connectivity index (χ4v) is 3.21. The number of aromatic nitrogens is 2. The van der Waals surface area contributed by atoms with Gasteiger partial charge in [-0.25, -0.2) is 4.79 Å². The molecule has 1 aromatic heterocycles. The second-order valence-corrected chi connectivity index (χ2v) is 7.21. The van der Waals surface area contributed by atoms with Crippen LogP contribution in [0.2, 0.25) is 0 Å². The van der Waals surface area contributed by atoms with Gasteiger partial charge in [0, 0.05) is 6.42 Å². The van der Waals surface area contributed by atoms with Crippen LogP contribution in [0.25, 0.3) is 0 Å². The molecule has 3 amide bonds. The number of thioether (sulfide) groups is 1. The maximum Gasteiger partial charge on any atom is 0.318 e. The van der Waals surface area contributed by atoms with Crippen LogP contribution in [0.15, 0.2) is 40.0 Å². The lowest BCUT2D eigenvalue weighted by Crippen LogP contribution is -2.42. The molecule has 1 heterocycles. The summed E-state index contributed by atoms with van der Waals surface area (Å²) in [5, 5.41) is 9.90. The Balaban J connectivity index is 2.02. The van der Waals surface area contributed by atoms with E-state index in [0.717, 1.165) is 11.8 Å². The van der Waals surface area contributed by atoms with Gasteiger partial charge in [-0.05, 0) is 17.4 Å². The van der Waals surface area contributed by atoms with E-state index in [1.807, 2.05) is 32.0 Å².